The zero-order valence-electron chi connectivity index (χ0n) is 16.8. The Bertz CT molecular complexity index is 773. The average Bonchev–Trinajstić information content (AvgIpc) is 3.18. The largest absolute Gasteiger partial charge is 0.416 e. The highest BCUT2D eigenvalue weighted by atomic mass is 19.4. The number of alkyl halides is 3. The zero-order valence-corrected chi connectivity index (χ0v) is 16.8. The van der Waals surface area contributed by atoms with Crippen LogP contribution in [0.4, 0.5) is 18.9 Å². The van der Waals surface area contributed by atoms with Gasteiger partial charge in [0, 0.05) is 39.0 Å². The van der Waals surface area contributed by atoms with Gasteiger partial charge in [0.05, 0.1) is 24.8 Å². The van der Waals surface area contributed by atoms with E-state index in [-0.39, 0.29) is 6.04 Å². The highest BCUT2D eigenvalue weighted by Gasteiger charge is 2.32. The molecule has 1 atom stereocenters. The van der Waals surface area contributed by atoms with Crippen LogP contribution < -0.4 is 4.90 Å². The van der Waals surface area contributed by atoms with Gasteiger partial charge < -0.3 is 9.64 Å². The Hall–Kier alpha value is -2.20. The maximum atomic E-state index is 13.0. The standard InChI is InChI=1S/C19H27F3N6O/c1-3-5-17(18-23-24-25-28(18)12-13-29-2)27-10-8-26(9-11-27)16-7-4-6-15(14-16)19(20,21)22/h4,6-7,14,17H,3,5,8-13H2,1-2H3. The molecule has 1 aromatic carbocycles. The Kier molecular flexibility index (Phi) is 7.07. The molecule has 1 fully saturated rings. The van der Waals surface area contributed by atoms with E-state index >= 15 is 0 Å². The van der Waals surface area contributed by atoms with Crippen LogP contribution in [0.2, 0.25) is 0 Å². The summed E-state index contributed by atoms with van der Waals surface area (Å²) in [5.74, 6) is 0.816. The van der Waals surface area contributed by atoms with E-state index in [2.05, 4.69) is 27.3 Å². The number of rotatable bonds is 8. The number of halogens is 3. The molecule has 7 nitrogen and oxygen atoms in total. The molecule has 1 aliphatic heterocycles. The fourth-order valence-electron chi connectivity index (χ4n) is 3.71. The number of benzene rings is 1. The summed E-state index contributed by atoms with van der Waals surface area (Å²) in [6.07, 6.45) is -2.43. The second-order valence-electron chi connectivity index (χ2n) is 7.13. The maximum Gasteiger partial charge on any atom is 0.416 e. The van der Waals surface area contributed by atoms with Crippen molar-refractivity contribution < 1.29 is 17.9 Å². The Morgan fingerprint density at radius 3 is 2.59 bits per heavy atom. The molecule has 0 bridgehead atoms. The normalized spacial score (nSPS) is 16.9. The molecular formula is C19H27F3N6O. The molecule has 29 heavy (non-hydrogen) atoms. The van der Waals surface area contributed by atoms with E-state index in [0.29, 0.717) is 31.9 Å². The van der Waals surface area contributed by atoms with Crippen LogP contribution in [0.15, 0.2) is 24.3 Å². The van der Waals surface area contributed by atoms with Crippen molar-refractivity contribution in [3.05, 3.63) is 35.7 Å². The summed E-state index contributed by atoms with van der Waals surface area (Å²) in [7, 11) is 1.64. The van der Waals surface area contributed by atoms with Crippen LogP contribution >= 0.6 is 0 Å². The van der Waals surface area contributed by atoms with Gasteiger partial charge in [-0.3, -0.25) is 4.90 Å². The van der Waals surface area contributed by atoms with Crippen LogP contribution in [-0.2, 0) is 17.5 Å². The molecule has 1 aliphatic rings. The summed E-state index contributed by atoms with van der Waals surface area (Å²) < 4.78 is 46.0. The van der Waals surface area contributed by atoms with Crippen molar-refractivity contribution in [3.8, 4) is 0 Å². The topological polar surface area (TPSA) is 59.3 Å². The number of ether oxygens (including phenoxy) is 1. The monoisotopic (exact) mass is 412 g/mol. The van der Waals surface area contributed by atoms with E-state index in [9.17, 15) is 13.2 Å². The van der Waals surface area contributed by atoms with Gasteiger partial charge in [0.1, 0.15) is 0 Å². The Morgan fingerprint density at radius 1 is 1.17 bits per heavy atom. The molecule has 1 aromatic heterocycles. The predicted molar refractivity (Wildman–Crippen MR) is 103 cm³/mol. The molecule has 0 saturated carbocycles. The third-order valence-corrected chi connectivity index (χ3v) is 5.22. The number of anilines is 1. The van der Waals surface area contributed by atoms with Crippen molar-refractivity contribution in [3.63, 3.8) is 0 Å². The first-order chi connectivity index (χ1) is 13.9. The first kappa shape index (κ1) is 21.5. The van der Waals surface area contributed by atoms with E-state index in [1.807, 2.05) is 4.90 Å². The fourth-order valence-corrected chi connectivity index (χ4v) is 3.71. The Morgan fingerprint density at radius 2 is 1.93 bits per heavy atom. The van der Waals surface area contributed by atoms with Crippen LogP contribution in [0.25, 0.3) is 0 Å². The molecule has 160 valence electrons. The van der Waals surface area contributed by atoms with Gasteiger partial charge in [-0.1, -0.05) is 19.4 Å². The summed E-state index contributed by atoms with van der Waals surface area (Å²) in [4.78, 5) is 4.32. The Balaban J connectivity index is 1.69. The molecule has 0 radical (unpaired) electrons. The maximum absolute atomic E-state index is 13.0. The van der Waals surface area contributed by atoms with Gasteiger partial charge in [0.15, 0.2) is 5.82 Å². The van der Waals surface area contributed by atoms with Crippen LogP contribution in [0.1, 0.15) is 37.2 Å². The van der Waals surface area contributed by atoms with E-state index in [4.69, 9.17) is 4.74 Å². The van der Waals surface area contributed by atoms with Gasteiger partial charge in [-0.05, 0) is 35.0 Å². The lowest BCUT2D eigenvalue weighted by atomic mass is 10.1. The molecule has 1 unspecified atom stereocenters. The molecule has 2 heterocycles. The van der Waals surface area contributed by atoms with Crippen molar-refractivity contribution in [2.75, 3.05) is 44.8 Å². The number of hydrogen-bond acceptors (Lipinski definition) is 6. The van der Waals surface area contributed by atoms with Crippen LogP contribution in [0, 0.1) is 0 Å². The smallest absolute Gasteiger partial charge is 0.383 e. The minimum atomic E-state index is -4.33. The second kappa shape index (κ2) is 9.53. The molecule has 3 rings (SSSR count). The zero-order chi connectivity index (χ0) is 20.9. The predicted octanol–water partition coefficient (Wildman–Crippen LogP) is 3.00. The lowest BCUT2D eigenvalue weighted by Gasteiger charge is -2.39. The van der Waals surface area contributed by atoms with E-state index < -0.39 is 11.7 Å². The van der Waals surface area contributed by atoms with Crippen molar-refractivity contribution in [2.24, 2.45) is 0 Å². The lowest BCUT2D eigenvalue weighted by Crippen LogP contribution is -2.48. The van der Waals surface area contributed by atoms with Gasteiger partial charge in [-0.15, -0.1) is 5.10 Å². The number of aromatic nitrogens is 4. The van der Waals surface area contributed by atoms with Gasteiger partial charge in [-0.2, -0.15) is 13.2 Å². The highest BCUT2D eigenvalue weighted by molar-refractivity contribution is 5.49. The van der Waals surface area contributed by atoms with Crippen LogP contribution in [0.3, 0.4) is 0 Å². The van der Waals surface area contributed by atoms with Crippen molar-refractivity contribution >= 4 is 5.69 Å². The van der Waals surface area contributed by atoms with Gasteiger partial charge in [0.2, 0.25) is 0 Å². The first-order valence-corrected chi connectivity index (χ1v) is 9.85. The van der Waals surface area contributed by atoms with Gasteiger partial charge >= 0.3 is 6.18 Å². The third kappa shape index (κ3) is 5.24. The van der Waals surface area contributed by atoms with Crippen LogP contribution in [0.5, 0.6) is 0 Å². The molecule has 0 spiro atoms. The summed E-state index contributed by atoms with van der Waals surface area (Å²) >= 11 is 0. The summed E-state index contributed by atoms with van der Waals surface area (Å²) in [6.45, 7) is 6.01. The van der Waals surface area contributed by atoms with Gasteiger partial charge in [-0.25, -0.2) is 4.68 Å². The molecule has 0 amide bonds. The second-order valence-corrected chi connectivity index (χ2v) is 7.13. The molecular weight excluding hydrogens is 385 g/mol. The fraction of sp³-hybridized carbons (Fsp3) is 0.632. The van der Waals surface area contributed by atoms with Crippen molar-refractivity contribution in [2.45, 2.75) is 38.5 Å². The number of piperazine rings is 1. The SMILES string of the molecule is CCCC(c1nnnn1CCOC)N1CCN(c2cccc(C(F)(F)F)c2)CC1. The number of methoxy groups -OCH3 is 1. The average molecular weight is 412 g/mol. The molecule has 0 N–H and O–H groups in total. The summed E-state index contributed by atoms with van der Waals surface area (Å²) in [5, 5.41) is 12.2. The van der Waals surface area contributed by atoms with E-state index in [1.54, 1.807) is 17.9 Å². The van der Waals surface area contributed by atoms with Crippen molar-refractivity contribution in [1.82, 2.24) is 25.1 Å². The molecule has 1 saturated heterocycles. The van der Waals surface area contributed by atoms with Crippen LogP contribution in [-0.4, -0.2) is 65.0 Å². The molecule has 2 aromatic rings. The molecule has 0 aliphatic carbocycles. The highest BCUT2D eigenvalue weighted by Crippen LogP contribution is 2.32. The Labute approximate surface area is 168 Å². The number of hydrogen-bond donors (Lipinski definition) is 0. The number of tetrazole rings is 1. The van der Waals surface area contributed by atoms with Gasteiger partial charge in [0.25, 0.3) is 0 Å². The lowest BCUT2D eigenvalue weighted by molar-refractivity contribution is -0.137. The first-order valence-electron chi connectivity index (χ1n) is 9.85. The number of nitrogens with zero attached hydrogens (tertiary/aromatic N) is 6. The minimum Gasteiger partial charge on any atom is -0.383 e. The molecule has 10 heteroatoms. The minimum absolute atomic E-state index is 0.0792. The quantitative estimate of drug-likeness (QED) is 0.664. The summed E-state index contributed by atoms with van der Waals surface area (Å²) in [6, 6.07) is 5.62. The summed E-state index contributed by atoms with van der Waals surface area (Å²) in [5.41, 5.74) is -0.00458. The van der Waals surface area contributed by atoms with E-state index in [1.165, 1.54) is 12.1 Å². The van der Waals surface area contributed by atoms with E-state index in [0.717, 1.165) is 37.8 Å². The third-order valence-electron chi connectivity index (χ3n) is 5.22. The van der Waals surface area contributed by atoms with Crippen molar-refractivity contribution in [1.29, 1.82) is 0 Å².